The molecule has 0 aromatic rings. The highest BCUT2D eigenvalue weighted by molar-refractivity contribution is 5.76. The molecule has 1 unspecified atom stereocenters. The first kappa shape index (κ1) is 23.4. The first-order valence-electron chi connectivity index (χ1n) is 10.2. The van der Waals surface area contributed by atoms with Crippen molar-refractivity contribution in [3.8, 4) is 0 Å². The SMILES string of the molecule is CCCCCCC(CCCC)CCCCC(=O)N(CCO)CCO. The van der Waals surface area contributed by atoms with Crippen LogP contribution in [0.3, 0.4) is 0 Å². The van der Waals surface area contributed by atoms with Gasteiger partial charge in [0.05, 0.1) is 13.2 Å². The fourth-order valence-electron chi connectivity index (χ4n) is 3.26. The van der Waals surface area contributed by atoms with Gasteiger partial charge in [0.2, 0.25) is 5.91 Å². The van der Waals surface area contributed by atoms with E-state index in [1.54, 1.807) is 4.90 Å². The Kier molecular flexibility index (Phi) is 16.8. The van der Waals surface area contributed by atoms with Crippen LogP contribution in [0.2, 0.25) is 0 Å². The lowest BCUT2D eigenvalue weighted by molar-refractivity contribution is -0.132. The first-order valence-corrected chi connectivity index (χ1v) is 10.2. The van der Waals surface area contributed by atoms with Crippen molar-refractivity contribution in [3.05, 3.63) is 0 Å². The maximum absolute atomic E-state index is 12.1. The van der Waals surface area contributed by atoms with E-state index in [9.17, 15) is 4.79 Å². The van der Waals surface area contributed by atoms with Gasteiger partial charge in [0.1, 0.15) is 0 Å². The van der Waals surface area contributed by atoms with Crippen molar-refractivity contribution in [1.82, 2.24) is 4.90 Å². The average molecular weight is 344 g/mol. The van der Waals surface area contributed by atoms with Crippen molar-refractivity contribution in [1.29, 1.82) is 0 Å². The van der Waals surface area contributed by atoms with Crippen LogP contribution in [0.1, 0.15) is 90.9 Å². The van der Waals surface area contributed by atoms with Gasteiger partial charge < -0.3 is 15.1 Å². The lowest BCUT2D eigenvalue weighted by Crippen LogP contribution is -2.35. The topological polar surface area (TPSA) is 60.8 Å². The number of nitrogens with zero attached hydrogens (tertiary/aromatic N) is 1. The largest absolute Gasteiger partial charge is 0.395 e. The van der Waals surface area contributed by atoms with E-state index >= 15 is 0 Å². The summed E-state index contributed by atoms with van der Waals surface area (Å²) in [5.74, 6) is 0.883. The van der Waals surface area contributed by atoms with Gasteiger partial charge in [-0.2, -0.15) is 0 Å². The Morgan fingerprint density at radius 3 is 1.88 bits per heavy atom. The molecule has 0 aromatic heterocycles. The van der Waals surface area contributed by atoms with Gasteiger partial charge in [0.15, 0.2) is 0 Å². The van der Waals surface area contributed by atoms with Gasteiger partial charge in [-0.15, -0.1) is 0 Å². The normalized spacial score (nSPS) is 12.3. The molecule has 24 heavy (non-hydrogen) atoms. The molecule has 0 aliphatic carbocycles. The molecule has 4 nitrogen and oxygen atoms in total. The van der Waals surface area contributed by atoms with Crippen LogP contribution in [-0.4, -0.2) is 47.3 Å². The number of amides is 1. The van der Waals surface area contributed by atoms with Crippen LogP contribution in [0.15, 0.2) is 0 Å². The Morgan fingerprint density at radius 2 is 1.33 bits per heavy atom. The molecular weight excluding hydrogens is 302 g/mol. The van der Waals surface area contributed by atoms with Crippen molar-refractivity contribution in [2.24, 2.45) is 5.92 Å². The van der Waals surface area contributed by atoms with Gasteiger partial charge in [-0.25, -0.2) is 0 Å². The van der Waals surface area contributed by atoms with Crippen LogP contribution in [-0.2, 0) is 4.79 Å². The Labute approximate surface area is 149 Å². The van der Waals surface area contributed by atoms with Gasteiger partial charge >= 0.3 is 0 Å². The molecule has 144 valence electrons. The predicted molar refractivity (Wildman–Crippen MR) is 101 cm³/mol. The molecule has 0 radical (unpaired) electrons. The highest BCUT2D eigenvalue weighted by atomic mass is 16.3. The summed E-state index contributed by atoms with van der Waals surface area (Å²) in [5.41, 5.74) is 0. The maximum Gasteiger partial charge on any atom is 0.222 e. The highest BCUT2D eigenvalue weighted by Gasteiger charge is 2.13. The maximum atomic E-state index is 12.1. The molecule has 1 atom stereocenters. The van der Waals surface area contributed by atoms with Crippen molar-refractivity contribution in [2.75, 3.05) is 26.3 Å². The van der Waals surface area contributed by atoms with Gasteiger partial charge in [-0.05, 0) is 12.3 Å². The van der Waals surface area contributed by atoms with Crippen molar-refractivity contribution in [2.45, 2.75) is 90.9 Å². The Balaban J connectivity index is 3.99. The molecule has 0 saturated carbocycles. The predicted octanol–water partition coefficient (Wildman–Crippen LogP) is 4.14. The van der Waals surface area contributed by atoms with Crippen LogP contribution < -0.4 is 0 Å². The zero-order valence-corrected chi connectivity index (χ0v) is 16.1. The average Bonchev–Trinajstić information content (AvgIpc) is 2.59. The summed E-state index contributed by atoms with van der Waals surface area (Å²) in [6, 6.07) is 0. The number of unbranched alkanes of at least 4 members (excludes halogenated alkanes) is 5. The molecule has 0 aliphatic heterocycles. The van der Waals surface area contributed by atoms with E-state index < -0.39 is 0 Å². The molecule has 0 spiro atoms. The molecular formula is C20H41NO3. The van der Waals surface area contributed by atoms with Crippen LogP contribution in [0.4, 0.5) is 0 Å². The second-order valence-corrected chi connectivity index (χ2v) is 6.93. The van der Waals surface area contributed by atoms with Gasteiger partial charge in [-0.1, -0.05) is 78.1 Å². The first-order chi connectivity index (χ1) is 11.7. The minimum Gasteiger partial charge on any atom is -0.395 e. The third-order valence-corrected chi connectivity index (χ3v) is 4.78. The standard InChI is InChI=1S/C20H41NO3/c1-3-5-7-8-12-19(11-6-4-2)13-9-10-14-20(24)21(15-17-22)16-18-23/h19,22-23H,3-18H2,1-2H3. The van der Waals surface area contributed by atoms with Gasteiger partial charge in [0.25, 0.3) is 0 Å². The number of rotatable bonds is 17. The summed E-state index contributed by atoms with van der Waals surface area (Å²) >= 11 is 0. The molecule has 4 heteroatoms. The summed E-state index contributed by atoms with van der Waals surface area (Å²) in [7, 11) is 0. The van der Waals surface area contributed by atoms with Crippen molar-refractivity contribution < 1.29 is 15.0 Å². The Bertz CT molecular complexity index is 278. The lowest BCUT2D eigenvalue weighted by atomic mass is 9.90. The molecule has 0 aliphatic rings. The second kappa shape index (κ2) is 17.2. The van der Waals surface area contributed by atoms with Crippen LogP contribution in [0.25, 0.3) is 0 Å². The fourth-order valence-corrected chi connectivity index (χ4v) is 3.26. The summed E-state index contributed by atoms with van der Waals surface area (Å²) in [6.45, 7) is 5.09. The molecule has 0 aromatic carbocycles. The van der Waals surface area contributed by atoms with E-state index in [-0.39, 0.29) is 19.1 Å². The molecule has 0 rings (SSSR count). The Hall–Kier alpha value is -0.610. The minimum absolute atomic E-state index is 0.0391. The smallest absolute Gasteiger partial charge is 0.222 e. The summed E-state index contributed by atoms with van der Waals surface area (Å²) in [6.07, 6.45) is 14.4. The Morgan fingerprint density at radius 1 is 0.792 bits per heavy atom. The monoisotopic (exact) mass is 343 g/mol. The molecule has 0 saturated heterocycles. The third kappa shape index (κ3) is 12.8. The number of carbonyl (C=O) groups excluding carboxylic acids is 1. The lowest BCUT2D eigenvalue weighted by Gasteiger charge is -2.21. The highest BCUT2D eigenvalue weighted by Crippen LogP contribution is 2.23. The zero-order chi connectivity index (χ0) is 18.0. The summed E-state index contributed by atoms with van der Waals surface area (Å²) < 4.78 is 0. The van der Waals surface area contributed by atoms with E-state index in [1.165, 1.54) is 57.8 Å². The van der Waals surface area contributed by atoms with Crippen molar-refractivity contribution in [3.63, 3.8) is 0 Å². The minimum atomic E-state index is -0.0391. The van der Waals surface area contributed by atoms with E-state index in [1.807, 2.05) is 0 Å². The van der Waals surface area contributed by atoms with Crippen LogP contribution >= 0.6 is 0 Å². The van der Waals surface area contributed by atoms with Gasteiger partial charge in [0, 0.05) is 19.5 Å². The number of aliphatic hydroxyl groups excluding tert-OH is 2. The van der Waals surface area contributed by atoms with Crippen LogP contribution in [0.5, 0.6) is 0 Å². The fraction of sp³-hybridized carbons (Fsp3) is 0.950. The second-order valence-electron chi connectivity index (χ2n) is 6.93. The van der Waals surface area contributed by atoms with E-state index in [0.29, 0.717) is 19.5 Å². The number of hydrogen-bond donors (Lipinski definition) is 2. The quantitative estimate of drug-likeness (QED) is 0.390. The number of aliphatic hydroxyl groups is 2. The summed E-state index contributed by atoms with van der Waals surface area (Å²) in [4.78, 5) is 13.7. The molecule has 1 amide bonds. The molecule has 0 fully saturated rings. The van der Waals surface area contributed by atoms with Crippen molar-refractivity contribution >= 4 is 5.91 Å². The molecule has 2 N–H and O–H groups in total. The van der Waals surface area contributed by atoms with Crippen LogP contribution in [0, 0.1) is 5.92 Å². The number of hydrogen-bond acceptors (Lipinski definition) is 3. The molecule has 0 bridgehead atoms. The van der Waals surface area contributed by atoms with E-state index in [2.05, 4.69) is 13.8 Å². The van der Waals surface area contributed by atoms with E-state index in [4.69, 9.17) is 10.2 Å². The molecule has 0 heterocycles. The van der Waals surface area contributed by atoms with Gasteiger partial charge in [-0.3, -0.25) is 4.79 Å². The zero-order valence-electron chi connectivity index (χ0n) is 16.1. The number of carbonyl (C=O) groups is 1. The van der Waals surface area contributed by atoms with E-state index in [0.717, 1.165) is 18.8 Å². The summed E-state index contributed by atoms with van der Waals surface area (Å²) in [5, 5.41) is 18.0. The third-order valence-electron chi connectivity index (χ3n) is 4.78.